The Morgan fingerprint density at radius 2 is 2.33 bits per heavy atom. The zero-order valence-electron chi connectivity index (χ0n) is 4.20. The molecule has 6 heavy (non-hydrogen) atoms. The van der Waals surface area contributed by atoms with E-state index in [4.69, 9.17) is 6.58 Å². The monoisotopic (exact) mass is 82.1 g/mol. The Balaban J connectivity index is 2.83. The number of hydrogen-bond donors (Lipinski definition) is 0. The van der Waals surface area contributed by atoms with Gasteiger partial charge in [-0.1, -0.05) is 19.1 Å². The first-order valence-electron chi connectivity index (χ1n) is 2.14. The van der Waals surface area contributed by atoms with Gasteiger partial charge >= 0.3 is 0 Å². The van der Waals surface area contributed by atoms with Gasteiger partial charge in [-0.05, 0) is 19.8 Å². The van der Waals surface area contributed by atoms with E-state index < -0.39 is 0 Å². The highest BCUT2D eigenvalue weighted by Crippen LogP contribution is 1.95. The van der Waals surface area contributed by atoms with Gasteiger partial charge in [-0.25, -0.2) is 0 Å². The fourth-order valence-electron chi connectivity index (χ4n) is 0.279. The maximum Gasteiger partial charge on any atom is -0.0320 e. The molecule has 0 nitrogen and oxygen atoms in total. The van der Waals surface area contributed by atoms with Crippen LogP contribution in [0.4, 0.5) is 0 Å². The average Bonchev–Trinajstić information content (AvgIpc) is 1.35. The van der Waals surface area contributed by atoms with Crippen molar-refractivity contribution in [2.24, 2.45) is 0 Å². The lowest BCUT2D eigenvalue weighted by Crippen LogP contribution is -1.67. The molecule has 2 radical (unpaired) electrons. The predicted octanol–water partition coefficient (Wildman–Crippen LogP) is 1.98. The minimum absolute atomic E-state index is 0.919. The van der Waals surface area contributed by atoms with Crippen molar-refractivity contribution in [3.05, 3.63) is 19.1 Å². The van der Waals surface area contributed by atoms with Crippen molar-refractivity contribution < 1.29 is 0 Å². The van der Waals surface area contributed by atoms with E-state index in [0.29, 0.717) is 0 Å². The molecule has 0 aromatic carbocycles. The van der Waals surface area contributed by atoms with Crippen molar-refractivity contribution >= 4 is 0 Å². The topological polar surface area (TPSA) is 0 Å². The molecule has 0 rings (SSSR count). The van der Waals surface area contributed by atoms with Gasteiger partial charge in [0.1, 0.15) is 0 Å². The normalized spacial score (nSPS) is 8.33. The minimum Gasteiger partial charge on any atom is -0.0733 e. The van der Waals surface area contributed by atoms with E-state index in [1.807, 2.05) is 6.92 Å². The third-order valence-electron chi connectivity index (χ3n) is 0.571. The molecule has 0 saturated carbocycles. The molecule has 0 atom stereocenters. The molecule has 0 heterocycles. The summed E-state index contributed by atoms with van der Waals surface area (Å²) in [6.07, 6.45) is 1.88. The largest absolute Gasteiger partial charge is 0.0733 e. The third-order valence-corrected chi connectivity index (χ3v) is 0.571. The molecule has 0 N–H and O–H groups in total. The Hall–Kier alpha value is -0.260. The maximum atomic E-state index is 5.28. The summed E-state index contributed by atoms with van der Waals surface area (Å²) >= 11 is 0. The smallest absolute Gasteiger partial charge is 0.0320 e. The molecule has 0 aromatic heterocycles. The van der Waals surface area contributed by atoms with Crippen LogP contribution in [0.2, 0.25) is 0 Å². The molecule has 0 aliphatic rings. The summed E-state index contributed by atoms with van der Waals surface area (Å²) in [4.78, 5) is 0. The second-order valence-corrected chi connectivity index (χ2v) is 1.45. The average molecular weight is 82.1 g/mol. The Labute approximate surface area is 39.9 Å². The van der Waals surface area contributed by atoms with Gasteiger partial charge in [-0.3, -0.25) is 0 Å². The lowest BCUT2D eigenvalue weighted by Gasteiger charge is -1.86. The van der Waals surface area contributed by atoms with Gasteiger partial charge in [0, 0.05) is 0 Å². The van der Waals surface area contributed by atoms with Gasteiger partial charge < -0.3 is 0 Å². The summed E-state index contributed by atoms with van der Waals surface area (Å²) in [5.41, 5.74) is 0.977. The van der Waals surface area contributed by atoms with Crippen LogP contribution in [0.5, 0.6) is 0 Å². The van der Waals surface area contributed by atoms with Crippen LogP contribution >= 0.6 is 0 Å². The van der Waals surface area contributed by atoms with Gasteiger partial charge in [0.05, 0.1) is 0 Å². The predicted molar refractivity (Wildman–Crippen MR) is 28.1 cm³/mol. The highest BCUT2D eigenvalue weighted by Gasteiger charge is 1.76. The van der Waals surface area contributed by atoms with E-state index >= 15 is 0 Å². The highest BCUT2D eigenvalue weighted by atomic mass is 13.8. The Morgan fingerprint density at radius 3 is 2.33 bits per heavy atom. The van der Waals surface area contributed by atoms with Crippen LogP contribution in [0, 0.1) is 13.5 Å². The van der Waals surface area contributed by atoms with Crippen LogP contribution < -0.4 is 0 Å². The number of hydrogen-bond acceptors (Lipinski definition) is 0. The molecule has 0 fully saturated rings. The molecule has 0 amide bonds. The Bertz CT molecular complexity index is 44.0. The molecule has 34 valence electrons. The second-order valence-electron chi connectivity index (χ2n) is 1.45. The fourth-order valence-corrected chi connectivity index (χ4v) is 0.279. The Kier molecular flexibility index (Phi) is 2.82. The van der Waals surface area contributed by atoms with E-state index in [1.165, 1.54) is 0 Å². The van der Waals surface area contributed by atoms with Crippen molar-refractivity contribution in [2.75, 3.05) is 0 Å². The molecular formula is C6H10. The van der Waals surface area contributed by atoms with E-state index in [-0.39, 0.29) is 0 Å². The molecule has 0 spiro atoms. The lowest BCUT2D eigenvalue weighted by atomic mass is 10.2. The minimum atomic E-state index is 0.919. The molecule has 0 aromatic rings. The van der Waals surface area contributed by atoms with Crippen molar-refractivity contribution in [2.45, 2.75) is 19.8 Å². The zero-order valence-corrected chi connectivity index (χ0v) is 4.20. The standard InChI is InChI=1S/C6H10/c1-4-5-6(2)3/h2H,1,4-5H2,3H3. The van der Waals surface area contributed by atoms with Crippen molar-refractivity contribution in [1.29, 1.82) is 0 Å². The first kappa shape index (κ1) is 5.74. The summed E-state index contributed by atoms with van der Waals surface area (Å²) in [5, 5.41) is 0. The summed E-state index contributed by atoms with van der Waals surface area (Å²) in [5.74, 6) is 0. The molecule has 0 heteroatoms. The van der Waals surface area contributed by atoms with Crippen molar-refractivity contribution in [3.63, 3.8) is 0 Å². The van der Waals surface area contributed by atoms with E-state index in [1.54, 1.807) is 0 Å². The van der Waals surface area contributed by atoms with Crippen molar-refractivity contribution in [3.8, 4) is 0 Å². The van der Waals surface area contributed by atoms with Gasteiger partial charge in [-0.15, -0.1) is 0 Å². The lowest BCUT2D eigenvalue weighted by molar-refractivity contribution is 0.978. The summed E-state index contributed by atoms with van der Waals surface area (Å²) < 4.78 is 0. The highest BCUT2D eigenvalue weighted by molar-refractivity contribution is 4.83. The van der Waals surface area contributed by atoms with E-state index in [2.05, 4.69) is 6.92 Å². The van der Waals surface area contributed by atoms with Crippen LogP contribution in [0.3, 0.4) is 0 Å². The molecule has 0 saturated heterocycles. The van der Waals surface area contributed by atoms with E-state index in [9.17, 15) is 0 Å². The van der Waals surface area contributed by atoms with Crippen molar-refractivity contribution in [1.82, 2.24) is 0 Å². The third kappa shape index (κ3) is 3.74. The first-order chi connectivity index (χ1) is 2.77. The number of allylic oxidation sites excluding steroid dienone is 1. The van der Waals surface area contributed by atoms with Crippen LogP contribution in [0.15, 0.2) is 5.57 Å². The maximum absolute atomic E-state index is 5.28. The summed E-state index contributed by atoms with van der Waals surface area (Å²) in [6, 6.07) is 0. The van der Waals surface area contributed by atoms with Gasteiger partial charge in [0.2, 0.25) is 0 Å². The van der Waals surface area contributed by atoms with Crippen LogP contribution in [0.25, 0.3) is 0 Å². The van der Waals surface area contributed by atoms with Gasteiger partial charge in [-0.2, -0.15) is 0 Å². The van der Waals surface area contributed by atoms with Gasteiger partial charge in [0.25, 0.3) is 0 Å². The first-order valence-corrected chi connectivity index (χ1v) is 2.14. The summed E-state index contributed by atoms with van der Waals surface area (Å²) in [6.45, 7) is 10.8. The SMILES string of the molecule is [CH]=C(C)CC[CH2]. The molecular weight excluding hydrogens is 72.1 g/mol. The Morgan fingerprint density at radius 1 is 1.83 bits per heavy atom. The van der Waals surface area contributed by atoms with Crippen LogP contribution in [-0.2, 0) is 0 Å². The quantitative estimate of drug-likeness (QED) is 0.478. The molecule has 0 aliphatic carbocycles. The van der Waals surface area contributed by atoms with Crippen LogP contribution in [-0.4, -0.2) is 0 Å². The zero-order chi connectivity index (χ0) is 4.99. The van der Waals surface area contributed by atoms with E-state index in [0.717, 1.165) is 18.4 Å². The molecule has 0 aliphatic heterocycles. The van der Waals surface area contributed by atoms with Gasteiger partial charge in [0.15, 0.2) is 0 Å². The summed E-state index contributed by atoms with van der Waals surface area (Å²) in [7, 11) is 0. The number of rotatable bonds is 2. The second kappa shape index (κ2) is 2.95. The molecule has 0 unspecified atom stereocenters. The molecule has 0 bridgehead atoms. The van der Waals surface area contributed by atoms with Crippen LogP contribution in [0.1, 0.15) is 19.8 Å². The fraction of sp³-hybridized carbons (Fsp3) is 0.500.